The molecule has 0 saturated heterocycles. The van der Waals surface area contributed by atoms with Crippen LogP contribution in [-0.4, -0.2) is 50.8 Å². The van der Waals surface area contributed by atoms with Crippen LogP contribution in [0.1, 0.15) is 23.2 Å². The Kier molecular flexibility index (Phi) is 6.68. The Morgan fingerprint density at radius 1 is 1.18 bits per heavy atom. The monoisotopic (exact) mass is 466 g/mol. The number of benzene rings is 2. The molecular weight excluding hydrogens is 444 g/mol. The van der Waals surface area contributed by atoms with Gasteiger partial charge in [0, 0.05) is 12.1 Å². The molecule has 1 aliphatic rings. The summed E-state index contributed by atoms with van der Waals surface area (Å²) >= 11 is 1.59. The van der Waals surface area contributed by atoms with Gasteiger partial charge < -0.3 is 16.0 Å². The van der Waals surface area contributed by atoms with Gasteiger partial charge in [0.25, 0.3) is 11.5 Å². The van der Waals surface area contributed by atoms with Gasteiger partial charge in [-0.2, -0.15) is 11.8 Å². The number of aryl methyl sites for hydroxylation is 1. The molecule has 3 N–H and O–H groups in total. The van der Waals surface area contributed by atoms with Crippen LogP contribution < -0.4 is 21.5 Å². The smallest absolute Gasteiger partial charge is 0.277 e. The van der Waals surface area contributed by atoms with Gasteiger partial charge >= 0.3 is 0 Å². The van der Waals surface area contributed by atoms with E-state index in [0.717, 1.165) is 10.4 Å². The molecule has 0 fully saturated rings. The molecule has 0 radical (unpaired) electrons. The number of thioether (sulfide) groups is 1. The maximum absolute atomic E-state index is 12.6. The topological polar surface area (TPSA) is 135 Å². The second kappa shape index (κ2) is 9.82. The summed E-state index contributed by atoms with van der Waals surface area (Å²) in [5.74, 6) is -0.271. The summed E-state index contributed by atoms with van der Waals surface area (Å²) < 4.78 is 1.15. The van der Waals surface area contributed by atoms with Crippen molar-refractivity contribution in [2.24, 2.45) is 0 Å². The third kappa shape index (κ3) is 5.03. The van der Waals surface area contributed by atoms with Crippen molar-refractivity contribution in [3.05, 3.63) is 58.4 Å². The summed E-state index contributed by atoms with van der Waals surface area (Å²) in [6.45, 7) is 0.0567. The molecule has 170 valence electrons. The van der Waals surface area contributed by atoms with E-state index in [0.29, 0.717) is 28.7 Å². The molecule has 0 bridgehead atoms. The van der Waals surface area contributed by atoms with Crippen molar-refractivity contribution in [2.75, 3.05) is 22.6 Å². The highest BCUT2D eigenvalue weighted by molar-refractivity contribution is 7.98. The van der Waals surface area contributed by atoms with Gasteiger partial charge in [0.1, 0.15) is 11.6 Å². The van der Waals surface area contributed by atoms with Gasteiger partial charge in [0.05, 0.1) is 23.2 Å². The van der Waals surface area contributed by atoms with E-state index >= 15 is 0 Å². The van der Waals surface area contributed by atoms with Crippen molar-refractivity contribution in [3.63, 3.8) is 0 Å². The van der Waals surface area contributed by atoms with E-state index in [1.165, 1.54) is 6.07 Å². The van der Waals surface area contributed by atoms with Gasteiger partial charge in [-0.1, -0.05) is 17.3 Å². The lowest BCUT2D eigenvalue weighted by molar-refractivity contribution is -0.118. The van der Waals surface area contributed by atoms with E-state index in [1.54, 1.807) is 48.2 Å². The van der Waals surface area contributed by atoms with E-state index in [-0.39, 0.29) is 41.8 Å². The maximum Gasteiger partial charge on any atom is 0.277 e. The van der Waals surface area contributed by atoms with Crippen LogP contribution in [0.5, 0.6) is 0 Å². The highest BCUT2D eigenvalue weighted by Gasteiger charge is 2.27. The molecule has 3 aromatic rings. The van der Waals surface area contributed by atoms with E-state index in [2.05, 4.69) is 26.3 Å². The SMILES string of the molecule is CSCC[C@@H]1NC(=O)c2cc(NC(=O)CCn3nnc4ccccc4c3=O)ccc2NC1=O. The predicted molar refractivity (Wildman–Crippen MR) is 126 cm³/mol. The lowest BCUT2D eigenvalue weighted by atomic mass is 10.1. The maximum atomic E-state index is 12.6. The molecule has 1 atom stereocenters. The molecule has 0 spiro atoms. The number of nitrogens with one attached hydrogen (secondary N) is 3. The lowest BCUT2D eigenvalue weighted by Gasteiger charge is -2.13. The van der Waals surface area contributed by atoms with Crippen LogP contribution in [-0.2, 0) is 16.1 Å². The van der Waals surface area contributed by atoms with Crippen LogP contribution in [0.3, 0.4) is 0 Å². The molecule has 0 saturated carbocycles. The molecule has 0 unspecified atom stereocenters. The number of fused-ring (bicyclic) bond motifs is 2. The molecule has 1 aromatic heterocycles. The zero-order chi connectivity index (χ0) is 23.4. The van der Waals surface area contributed by atoms with Crippen LogP contribution >= 0.6 is 11.8 Å². The Morgan fingerprint density at radius 3 is 2.82 bits per heavy atom. The van der Waals surface area contributed by atoms with E-state index in [1.807, 2.05) is 6.26 Å². The van der Waals surface area contributed by atoms with Crippen LogP contribution in [0.4, 0.5) is 11.4 Å². The lowest BCUT2D eigenvalue weighted by Crippen LogP contribution is -2.41. The molecule has 2 aromatic carbocycles. The standard InChI is InChI=1S/C22H22N6O4S/c1-33-11-9-18-21(31)24-16-7-6-13(12-15(16)20(30)25-18)23-19(29)8-10-28-22(32)14-4-2-3-5-17(14)26-27-28/h2-7,12,18H,8-11H2,1H3,(H,23,29)(H,24,31)(H,25,30)/t18-/m0/s1. The summed E-state index contributed by atoms with van der Waals surface area (Å²) in [4.78, 5) is 50.0. The van der Waals surface area contributed by atoms with Gasteiger partial charge in [-0.25, -0.2) is 4.68 Å². The molecule has 3 amide bonds. The highest BCUT2D eigenvalue weighted by atomic mass is 32.2. The minimum atomic E-state index is -0.614. The molecule has 2 heterocycles. The minimum absolute atomic E-state index is 0.0102. The Hall–Kier alpha value is -3.73. The minimum Gasteiger partial charge on any atom is -0.340 e. The third-order valence-electron chi connectivity index (χ3n) is 5.22. The first-order valence-electron chi connectivity index (χ1n) is 10.3. The van der Waals surface area contributed by atoms with Crippen molar-refractivity contribution in [3.8, 4) is 0 Å². The number of anilines is 2. The van der Waals surface area contributed by atoms with Gasteiger partial charge in [0.2, 0.25) is 11.8 Å². The molecule has 4 rings (SSSR count). The van der Waals surface area contributed by atoms with Crippen molar-refractivity contribution >= 4 is 51.8 Å². The summed E-state index contributed by atoms with van der Waals surface area (Å²) in [5, 5.41) is 16.5. The number of rotatable bonds is 7. The van der Waals surface area contributed by atoms with E-state index in [4.69, 9.17) is 0 Å². The van der Waals surface area contributed by atoms with Crippen molar-refractivity contribution in [1.82, 2.24) is 20.3 Å². The fraction of sp³-hybridized carbons (Fsp3) is 0.273. The zero-order valence-electron chi connectivity index (χ0n) is 17.8. The zero-order valence-corrected chi connectivity index (χ0v) is 18.6. The van der Waals surface area contributed by atoms with Crippen LogP contribution in [0.25, 0.3) is 10.9 Å². The van der Waals surface area contributed by atoms with E-state index in [9.17, 15) is 19.2 Å². The Bertz CT molecular complexity index is 1290. The Labute approximate surface area is 193 Å². The number of nitrogens with zero attached hydrogens (tertiary/aromatic N) is 3. The molecule has 1 aliphatic heterocycles. The van der Waals surface area contributed by atoms with E-state index < -0.39 is 6.04 Å². The number of aromatic nitrogens is 3. The number of hydrogen-bond acceptors (Lipinski definition) is 7. The Balaban J connectivity index is 1.43. The number of hydrogen-bond donors (Lipinski definition) is 3. The quantitative estimate of drug-likeness (QED) is 0.482. The fourth-order valence-corrected chi connectivity index (χ4v) is 3.95. The fourth-order valence-electron chi connectivity index (χ4n) is 3.48. The molecule has 10 nitrogen and oxygen atoms in total. The summed E-state index contributed by atoms with van der Waals surface area (Å²) in [7, 11) is 0. The highest BCUT2D eigenvalue weighted by Crippen LogP contribution is 2.24. The normalized spacial score (nSPS) is 15.4. The second-order valence-electron chi connectivity index (χ2n) is 7.49. The molecule has 0 aliphatic carbocycles. The number of carbonyl (C=O) groups is 3. The summed E-state index contributed by atoms with van der Waals surface area (Å²) in [6.07, 6.45) is 2.44. The molecule has 33 heavy (non-hydrogen) atoms. The van der Waals surface area contributed by atoms with Crippen molar-refractivity contribution in [1.29, 1.82) is 0 Å². The first-order chi connectivity index (χ1) is 16.0. The van der Waals surface area contributed by atoms with Gasteiger partial charge in [-0.3, -0.25) is 19.2 Å². The summed E-state index contributed by atoms with van der Waals surface area (Å²) in [6, 6.07) is 11.0. The van der Waals surface area contributed by atoms with Gasteiger partial charge in [0.15, 0.2) is 0 Å². The van der Waals surface area contributed by atoms with Crippen molar-refractivity contribution in [2.45, 2.75) is 25.4 Å². The van der Waals surface area contributed by atoms with Crippen LogP contribution in [0, 0.1) is 0 Å². The first kappa shape index (κ1) is 22.5. The average molecular weight is 467 g/mol. The van der Waals surface area contributed by atoms with Crippen molar-refractivity contribution < 1.29 is 14.4 Å². The summed E-state index contributed by atoms with van der Waals surface area (Å²) in [5.41, 5.74) is 1.24. The van der Waals surface area contributed by atoms with Crippen LogP contribution in [0.15, 0.2) is 47.3 Å². The molecule has 11 heteroatoms. The van der Waals surface area contributed by atoms with Gasteiger partial charge in [-0.05, 0) is 48.8 Å². The Morgan fingerprint density at radius 2 is 2.00 bits per heavy atom. The third-order valence-corrected chi connectivity index (χ3v) is 5.86. The number of carbonyl (C=O) groups excluding carboxylic acids is 3. The first-order valence-corrected chi connectivity index (χ1v) is 11.7. The number of amides is 3. The van der Waals surface area contributed by atoms with Crippen LogP contribution in [0.2, 0.25) is 0 Å². The average Bonchev–Trinajstić information content (AvgIpc) is 2.93. The largest absolute Gasteiger partial charge is 0.340 e. The van der Waals surface area contributed by atoms with Gasteiger partial charge in [-0.15, -0.1) is 5.10 Å². The predicted octanol–water partition coefficient (Wildman–Crippen LogP) is 1.62. The second-order valence-corrected chi connectivity index (χ2v) is 8.48. The molecular formula is C22H22N6O4S.